The molecule has 0 aliphatic rings. The van der Waals surface area contributed by atoms with Gasteiger partial charge in [0.05, 0.1) is 6.61 Å². The fourth-order valence-electron chi connectivity index (χ4n) is 1.51. The Bertz CT molecular complexity index is 443. The molecule has 0 atom stereocenters. The van der Waals surface area contributed by atoms with Gasteiger partial charge in [-0.05, 0) is 32.5 Å². The molecule has 0 saturated carbocycles. The Labute approximate surface area is 109 Å². The van der Waals surface area contributed by atoms with Gasteiger partial charge in [0.1, 0.15) is 6.61 Å². The highest BCUT2D eigenvalue weighted by molar-refractivity contribution is 5.41. The zero-order chi connectivity index (χ0) is 13.6. The summed E-state index contributed by atoms with van der Waals surface area (Å²) in [7, 11) is 1.98. The Morgan fingerprint density at radius 3 is 2.50 bits per heavy atom. The first-order valence-electron chi connectivity index (χ1n) is 6.01. The standard InChI is InChI=1S/C15H21NO2/c1-15(2,12-18)16(3)11-14-8-5-4-7-13(14)9-6-10-17/h4-5,7-8,17-18H,10-12H2,1-3H3. The molecule has 0 radical (unpaired) electrons. The molecule has 0 aromatic heterocycles. The maximum Gasteiger partial charge on any atom is 0.104 e. The Kier molecular flexibility index (Phi) is 5.36. The van der Waals surface area contributed by atoms with Crippen molar-refractivity contribution in [2.24, 2.45) is 0 Å². The van der Waals surface area contributed by atoms with Gasteiger partial charge in [0, 0.05) is 17.6 Å². The second kappa shape index (κ2) is 6.55. The van der Waals surface area contributed by atoms with Crippen LogP contribution >= 0.6 is 0 Å². The van der Waals surface area contributed by atoms with E-state index in [0.29, 0.717) is 6.54 Å². The third kappa shape index (κ3) is 3.85. The summed E-state index contributed by atoms with van der Waals surface area (Å²) in [5, 5.41) is 18.1. The van der Waals surface area contributed by atoms with Gasteiger partial charge in [-0.3, -0.25) is 4.90 Å². The lowest BCUT2D eigenvalue weighted by Gasteiger charge is -2.34. The molecule has 2 N–H and O–H groups in total. The predicted molar refractivity (Wildman–Crippen MR) is 73.0 cm³/mol. The van der Waals surface area contributed by atoms with E-state index in [9.17, 15) is 5.11 Å². The maximum absolute atomic E-state index is 9.35. The predicted octanol–water partition coefficient (Wildman–Crippen LogP) is 1.23. The average Bonchev–Trinajstić information content (AvgIpc) is 2.37. The van der Waals surface area contributed by atoms with Gasteiger partial charge in [0.25, 0.3) is 0 Å². The molecule has 1 rings (SSSR count). The molecule has 0 aliphatic heterocycles. The number of likely N-dealkylation sites (N-methyl/N-ethyl adjacent to an activating group) is 1. The van der Waals surface area contributed by atoms with Gasteiger partial charge >= 0.3 is 0 Å². The second-order valence-corrected chi connectivity index (χ2v) is 4.94. The Morgan fingerprint density at radius 2 is 1.89 bits per heavy atom. The van der Waals surface area contributed by atoms with E-state index in [0.717, 1.165) is 11.1 Å². The summed E-state index contributed by atoms with van der Waals surface area (Å²) in [6, 6.07) is 7.87. The average molecular weight is 247 g/mol. The summed E-state index contributed by atoms with van der Waals surface area (Å²) < 4.78 is 0. The maximum atomic E-state index is 9.35. The Morgan fingerprint density at radius 1 is 1.22 bits per heavy atom. The van der Waals surface area contributed by atoms with Crippen LogP contribution in [0.2, 0.25) is 0 Å². The largest absolute Gasteiger partial charge is 0.394 e. The fraction of sp³-hybridized carbons (Fsp3) is 0.467. The van der Waals surface area contributed by atoms with Gasteiger partial charge in [-0.2, -0.15) is 0 Å². The van der Waals surface area contributed by atoms with Crippen molar-refractivity contribution in [3.05, 3.63) is 35.4 Å². The van der Waals surface area contributed by atoms with Crippen LogP contribution in [0.25, 0.3) is 0 Å². The molecule has 0 unspecified atom stereocenters. The third-order valence-electron chi connectivity index (χ3n) is 3.15. The normalized spacial score (nSPS) is 11.2. The Balaban J connectivity index is 2.91. The monoisotopic (exact) mass is 247 g/mol. The van der Waals surface area contributed by atoms with Crippen molar-refractivity contribution in [3.8, 4) is 11.8 Å². The van der Waals surface area contributed by atoms with Crippen molar-refractivity contribution in [3.63, 3.8) is 0 Å². The van der Waals surface area contributed by atoms with Crippen molar-refractivity contribution in [2.45, 2.75) is 25.9 Å². The zero-order valence-electron chi connectivity index (χ0n) is 11.3. The summed E-state index contributed by atoms with van der Waals surface area (Å²) in [5.74, 6) is 5.62. The van der Waals surface area contributed by atoms with Crippen molar-refractivity contribution < 1.29 is 10.2 Å². The first kappa shape index (κ1) is 14.7. The SMILES string of the molecule is CN(Cc1ccccc1C#CCO)C(C)(C)CO. The molecule has 0 heterocycles. The van der Waals surface area contributed by atoms with Crippen molar-refractivity contribution in [1.82, 2.24) is 4.90 Å². The number of aliphatic hydroxyl groups excluding tert-OH is 2. The first-order chi connectivity index (χ1) is 8.51. The number of hydrogen-bond donors (Lipinski definition) is 2. The molecule has 3 heteroatoms. The lowest BCUT2D eigenvalue weighted by atomic mass is 10.0. The van der Waals surface area contributed by atoms with Crippen LogP contribution in [0.3, 0.4) is 0 Å². The van der Waals surface area contributed by atoms with Crippen LogP contribution in [-0.2, 0) is 6.54 Å². The van der Waals surface area contributed by atoms with Crippen LogP contribution in [0.4, 0.5) is 0 Å². The van der Waals surface area contributed by atoms with Crippen molar-refractivity contribution >= 4 is 0 Å². The van der Waals surface area contributed by atoms with Crippen LogP contribution in [0.15, 0.2) is 24.3 Å². The quantitative estimate of drug-likeness (QED) is 0.787. The van der Waals surface area contributed by atoms with E-state index in [1.54, 1.807) is 0 Å². The second-order valence-electron chi connectivity index (χ2n) is 4.94. The van der Waals surface area contributed by atoms with Crippen molar-refractivity contribution in [1.29, 1.82) is 0 Å². The van der Waals surface area contributed by atoms with E-state index in [-0.39, 0.29) is 18.8 Å². The van der Waals surface area contributed by atoms with Crippen LogP contribution in [-0.4, -0.2) is 40.9 Å². The first-order valence-corrected chi connectivity index (χ1v) is 6.01. The fourth-order valence-corrected chi connectivity index (χ4v) is 1.51. The molecule has 18 heavy (non-hydrogen) atoms. The van der Waals surface area contributed by atoms with Crippen molar-refractivity contribution in [2.75, 3.05) is 20.3 Å². The van der Waals surface area contributed by atoms with Gasteiger partial charge in [-0.25, -0.2) is 0 Å². The van der Waals surface area contributed by atoms with Gasteiger partial charge in [-0.15, -0.1) is 0 Å². The highest BCUT2D eigenvalue weighted by Gasteiger charge is 2.22. The summed E-state index contributed by atoms with van der Waals surface area (Å²) in [4.78, 5) is 2.09. The summed E-state index contributed by atoms with van der Waals surface area (Å²) in [6.45, 7) is 4.67. The summed E-state index contributed by atoms with van der Waals surface area (Å²) in [5.41, 5.74) is 1.76. The number of nitrogens with zero attached hydrogens (tertiary/aromatic N) is 1. The zero-order valence-corrected chi connectivity index (χ0v) is 11.3. The number of rotatable bonds is 4. The molecule has 98 valence electrons. The van der Waals surface area contributed by atoms with Crippen LogP contribution in [0.1, 0.15) is 25.0 Å². The van der Waals surface area contributed by atoms with Gasteiger partial charge < -0.3 is 10.2 Å². The molecule has 3 nitrogen and oxygen atoms in total. The van der Waals surface area contributed by atoms with E-state index in [2.05, 4.69) is 16.7 Å². The Hall–Kier alpha value is -1.34. The summed E-state index contributed by atoms with van der Waals surface area (Å²) in [6.07, 6.45) is 0. The molecule has 0 saturated heterocycles. The molecule has 0 aliphatic carbocycles. The molecule has 0 amide bonds. The van der Waals surface area contributed by atoms with E-state index >= 15 is 0 Å². The number of hydrogen-bond acceptors (Lipinski definition) is 3. The van der Waals surface area contributed by atoms with Crippen LogP contribution in [0.5, 0.6) is 0 Å². The van der Waals surface area contributed by atoms with Gasteiger partial charge in [0.15, 0.2) is 0 Å². The minimum absolute atomic E-state index is 0.105. The topological polar surface area (TPSA) is 43.7 Å². The van der Waals surface area contributed by atoms with Gasteiger partial charge in [-0.1, -0.05) is 30.0 Å². The molecular weight excluding hydrogens is 226 g/mol. The lowest BCUT2D eigenvalue weighted by Crippen LogP contribution is -2.43. The van der Waals surface area contributed by atoms with E-state index in [4.69, 9.17) is 5.11 Å². The minimum atomic E-state index is -0.266. The van der Waals surface area contributed by atoms with Crippen LogP contribution < -0.4 is 0 Å². The smallest absolute Gasteiger partial charge is 0.104 e. The highest BCUT2D eigenvalue weighted by Crippen LogP contribution is 2.17. The van der Waals surface area contributed by atoms with E-state index in [1.165, 1.54) is 0 Å². The molecule has 0 fully saturated rings. The molecule has 1 aromatic rings. The van der Waals surface area contributed by atoms with Crippen LogP contribution in [0, 0.1) is 11.8 Å². The molecular formula is C15H21NO2. The molecule has 0 spiro atoms. The molecule has 1 aromatic carbocycles. The summed E-state index contributed by atoms with van der Waals surface area (Å²) >= 11 is 0. The number of aliphatic hydroxyl groups is 2. The molecule has 0 bridgehead atoms. The third-order valence-corrected chi connectivity index (χ3v) is 3.15. The minimum Gasteiger partial charge on any atom is -0.394 e. The lowest BCUT2D eigenvalue weighted by molar-refractivity contribution is 0.0733. The van der Waals surface area contributed by atoms with E-state index < -0.39 is 0 Å². The van der Waals surface area contributed by atoms with Gasteiger partial charge in [0.2, 0.25) is 0 Å². The number of benzene rings is 1. The highest BCUT2D eigenvalue weighted by atomic mass is 16.3. The van der Waals surface area contributed by atoms with E-state index in [1.807, 2.05) is 45.2 Å².